The molecule has 0 aliphatic rings. The molecule has 2 N–H and O–H groups in total. The second-order valence-corrected chi connectivity index (χ2v) is 7.51. The van der Waals surface area contributed by atoms with Gasteiger partial charge in [-0.2, -0.15) is 0 Å². The van der Waals surface area contributed by atoms with Crippen molar-refractivity contribution in [2.45, 2.75) is 6.92 Å². The van der Waals surface area contributed by atoms with E-state index in [4.69, 9.17) is 16.3 Å². The Morgan fingerprint density at radius 3 is 2.49 bits per heavy atom. The molecule has 0 atom stereocenters. The van der Waals surface area contributed by atoms with Gasteiger partial charge in [-0.15, -0.1) is 0 Å². The van der Waals surface area contributed by atoms with Crippen molar-refractivity contribution >= 4 is 46.8 Å². The van der Waals surface area contributed by atoms with Crippen LogP contribution in [0.15, 0.2) is 78.5 Å². The van der Waals surface area contributed by atoms with Crippen LogP contribution in [0.2, 0.25) is 5.02 Å². The van der Waals surface area contributed by atoms with Crippen LogP contribution in [-0.4, -0.2) is 29.3 Å². The lowest BCUT2D eigenvalue weighted by Crippen LogP contribution is -2.31. The highest BCUT2D eigenvalue weighted by Crippen LogP contribution is 2.19. The maximum Gasteiger partial charge on any atom is 0.338 e. The minimum Gasteiger partial charge on any atom is -0.462 e. The summed E-state index contributed by atoms with van der Waals surface area (Å²) in [6.07, 6.45) is 1.30. The number of rotatable bonds is 8. The summed E-state index contributed by atoms with van der Waals surface area (Å²) in [5.41, 5.74) is 0.571. The molecule has 0 spiro atoms. The third-order valence-corrected chi connectivity index (χ3v) is 4.96. The fraction of sp³-hybridized carbons (Fsp3) is 0.0800. The van der Waals surface area contributed by atoms with E-state index in [0.29, 0.717) is 5.56 Å². The lowest BCUT2D eigenvalue weighted by Gasteiger charge is -2.12. The maximum atomic E-state index is 13.1. The van der Waals surface area contributed by atoms with Crippen LogP contribution in [0.5, 0.6) is 0 Å². The van der Waals surface area contributed by atoms with Gasteiger partial charge in [0, 0.05) is 17.8 Å². The third-order valence-electron chi connectivity index (χ3n) is 4.63. The number of hydrogen-bond acceptors (Lipinski definition) is 6. The van der Waals surface area contributed by atoms with Crippen LogP contribution >= 0.6 is 11.6 Å². The van der Waals surface area contributed by atoms with Gasteiger partial charge >= 0.3 is 5.97 Å². The molecule has 0 fully saturated rings. The normalized spacial score (nSPS) is 10.9. The molecule has 178 valence electrons. The van der Waals surface area contributed by atoms with Crippen LogP contribution in [0.1, 0.15) is 33.2 Å². The SMILES string of the molecule is CCOC(=O)c1cccc(NC(=O)C(=Cc2cccc([N+](=O)[O-])c2)NC(=O)c2ccccc2Cl)c1. The molecule has 35 heavy (non-hydrogen) atoms. The number of non-ortho nitro benzene ring substituents is 1. The van der Waals surface area contributed by atoms with Crippen LogP contribution in [0.4, 0.5) is 11.4 Å². The smallest absolute Gasteiger partial charge is 0.338 e. The van der Waals surface area contributed by atoms with Gasteiger partial charge in [0.05, 0.1) is 27.7 Å². The number of carbonyl (C=O) groups excluding carboxylic acids is 3. The van der Waals surface area contributed by atoms with Crippen molar-refractivity contribution in [1.82, 2.24) is 5.32 Å². The molecule has 2 amide bonds. The number of esters is 1. The molecule has 9 nitrogen and oxygen atoms in total. The first kappa shape index (κ1) is 25.1. The van der Waals surface area contributed by atoms with E-state index in [-0.39, 0.29) is 39.8 Å². The molecule has 0 unspecified atom stereocenters. The summed E-state index contributed by atoms with van der Waals surface area (Å²) in [6, 6.07) is 17.9. The number of halogens is 1. The van der Waals surface area contributed by atoms with Gasteiger partial charge in [-0.05, 0) is 48.9 Å². The average molecular weight is 494 g/mol. The standard InChI is InChI=1S/C25H20ClN3O6/c1-2-35-25(32)17-8-6-9-18(15-17)27-24(31)22(14-16-7-5-10-19(13-16)29(33)34)28-23(30)20-11-3-4-12-21(20)26/h3-15H,2H2,1H3,(H,27,31)(H,28,30). The van der Waals surface area contributed by atoms with Gasteiger partial charge < -0.3 is 15.4 Å². The van der Waals surface area contributed by atoms with Gasteiger partial charge in [-0.1, -0.05) is 41.9 Å². The van der Waals surface area contributed by atoms with Gasteiger partial charge in [0.1, 0.15) is 5.70 Å². The molecular formula is C25H20ClN3O6. The first-order valence-electron chi connectivity index (χ1n) is 10.4. The highest BCUT2D eigenvalue weighted by Gasteiger charge is 2.18. The predicted octanol–water partition coefficient (Wildman–Crippen LogP) is 4.83. The van der Waals surface area contributed by atoms with Gasteiger partial charge in [0.25, 0.3) is 17.5 Å². The lowest BCUT2D eigenvalue weighted by molar-refractivity contribution is -0.384. The molecule has 3 aromatic carbocycles. The summed E-state index contributed by atoms with van der Waals surface area (Å²) in [4.78, 5) is 48.5. The Bertz CT molecular complexity index is 1320. The zero-order valence-corrected chi connectivity index (χ0v) is 19.2. The molecular weight excluding hydrogens is 474 g/mol. The highest BCUT2D eigenvalue weighted by atomic mass is 35.5. The number of nitro benzene ring substituents is 1. The molecule has 0 radical (unpaired) electrons. The molecule has 0 bridgehead atoms. The minimum absolute atomic E-state index is 0.135. The van der Waals surface area contributed by atoms with Crippen LogP contribution < -0.4 is 10.6 Å². The summed E-state index contributed by atoms with van der Waals surface area (Å²) in [5, 5.41) is 16.4. The van der Waals surface area contributed by atoms with Crippen LogP contribution in [0, 0.1) is 10.1 Å². The van der Waals surface area contributed by atoms with Crippen molar-refractivity contribution in [2.75, 3.05) is 11.9 Å². The predicted molar refractivity (Wildman–Crippen MR) is 131 cm³/mol. The van der Waals surface area contributed by atoms with Gasteiger partial charge in [0.15, 0.2) is 0 Å². The molecule has 0 saturated carbocycles. The molecule has 3 rings (SSSR count). The van der Waals surface area contributed by atoms with Gasteiger partial charge in [-0.25, -0.2) is 4.79 Å². The molecule has 0 aliphatic carbocycles. The van der Waals surface area contributed by atoms with Crippen molar-refractivity contribution in [1.29, 1.82) is 0 Å². The van der Waals surface area contributed by atoms with E-state index in [1.54, 1.807) is 37.3 Å². The summed E-state index contributed by atoms with van der Waals surface area (Å²) in [7, 11) is 0. The van der Waals surface area contributed by atoms with Crippen LogP contribution in [0.3, 0.4) is 0 Å². The number of nitro groups is 1. The van der Waals surface area contributed by atoms with Gasteiger partial charge in [0.2, 0.25) is 0 Å². The number of carbonyl (C=O) groups is 3. The van der Waals surface area contributed by atoms with Crippen molar-refractivity contribution in [3.63, 3.8) is 0 Å². The summed E-state index contributed by atoms with van der Waals surface area (Å²) in [6.45, 7) is 1.87. The number of nitrogens with zero attached hydrogens (tertiary/aromatic N) is 1. The zero-order chi connectivity index (χ0) is 25.4. The van der Waals surface area contributed by atoms with E-state index < -0.39 is 22.7 Å². The number of ether oxygens (including phenoxy) is 1. The molecule has 0 saturated heterocycles. The Hall–Kier alpha value is -4.50. The minimum atomic E-state index is -0.724. The topological polar surface area (TPSA) is 128 Å². The van der Waals surface area contributed by atoms with E-state index in [2.05, 4.69) is 10.6 Å². The van der Waals surface area contributed by atoms with Crippen molar-refractivity contribution < 1.29 is 24.0 Å². The third kappa shape index (κ3) is 6.75. The number of nitrogens with one attached hydrogen (secondary N) is 2. The van der Waals surface area contributed by atoms with E-state index in [9.17, 15) is 24.5 Å². The second-order valence-electron chi connectivity index (χ2n) is 7.10. The first-order chi connectivity index (χ1) is 16.8. The zero-order valence-electron chi connectivity index (χ0n) is 18.5. The average Bonchev–Trinajstić information content (AvgIpc) is 2.84. The Kier molecular flexibility index (Phi) is 8.31. The number of benzene rings is 3. The molecule has 10 heteroatoms. The van der Waals surface area contributed by atoms with E-state index in [1.165, 1.54) is 48.5 Å². The summed E-state index contributed by atoms with van der Waals surface area (Å²) < 4.78 is 4.97. The number of hydrogen-bond donors (Lipinski definition) is 2. The van der Waals surface area contributed by atoms with Crippen molar-refractivity contribution in [2.24, 2.45) is 0 Å². The first-order valence-corrected chi connectivity index (χ1v) is 10.8. The number of amides is 2. The quantitative estimate of drug-likeness (QED) is 0.200. The Labute approximate surface area is 205 Å². The largest absolute Gasteiger partial charge is 0.462 e. The Morgan fingerprint density at radius 1 is 1.03 bits per heavy atom. The Morgan fingerprint density at radius 2 is 1.77 bits per heavy atom. The Balaban J connectivity index is 1.94. The lowest BCUT2D eigenvalue weighted by atomic mass is 10.1. The van der Waals surface area contributed by atoms with E-state index in [1.807, 2.05) is 0 Å². The number of anilines is 1. The molecule has 0 heterocycles. The monoisotopic (exact) mass is 493 g/mol. The summed E-state index contributed by atoms with van der Waals surface area (Å²) >= 11 is 6.10. The summed E-state index contributed by atoms with van der Waals surface area (Å²) in [5.74, 6) is -1.93. The fourth-order valence-corrected chi connectivity index (χ4v) is 3.25. The van der Waals surface area contributed by atoms with Crippen molar-refractivity contribution in [3.05, 3.63) is 110 Å². The van der Waals surface area contributed by atoms with E-state index in [0.717, 1.165) is 0 Å². The fourth-order valence-electron chi connectivity index (χ4n) is 3.02. The molecule has 0 aromatic heterocycles. The molecule has 0 aliphatic heterocycles. The maximum absolute atomic E-state index is 13.1. The molecule has 3 aromatic rings. The van der Waals surface area contributed by atoms with Crippen LogP contribution in [-0.2, 0) is 9.53 Å². The van der Waals surface area contributed by atoms with Crippen LogP contribution in [0.25, 0.3) is 6.08 Å². The second kappa shape index (κ2) is 11.6. The highest BCUT2D eigenvalue weighted by molar-refractivity contribution is 6.34. The van der Waals surface area contributed by atoms with Crippen molar-refractivity contribution in [3.8, 4) is 0 Å². The van der Waals surface area contributed by atoms with Gasteiger partial charge in [-0.3, -0.25) is 19.7 Å². The van der Waals surface area contributed by atoms with E-state index >= 15 is 0 Å².